The summed E-state index contributed by atoms with van der Waals surface area (Å²) in [6.07, 6.45) is 4.31. The smallest absolute Gasteiger partial charge is 0.248 e. The van der Waals surface area contributed by atoms with Gasteiger partial charge in [-0.3, -0.25) is 4.79 Å². The minimum Gasteiger partial charge on any atom is -0.491 e. The summed E-state index contributed by atoms with van der Waals surface area (Å²) in [6, 6.07) is 9.87. The number of hydrogen-bond donors (Lipinski definition) is 1. The van der Waals surface area contributed by atoms with E-state index in [1.807, 2.05) is 56.3 Å². The topological polar surface area (TPSA) is 65.5 Å². The molecular formula is C18H19NO3. The van der Waals surface area contributed by atoms with Crippen LogP contribution in [0.5, 0.6) is 0 Å². The normalized spacial score (nSPS) is 18.2. The Morgan fingerprint density at radius 2 is 2.14 bits per heavy atom. The standard InChI is InChI=1S/C18H19NO3/c1-11(2)21-16-8-7-13(9-14(16)18(19)20)17-10-12-5-3-4-6-15(12)22-17/h3-8,10-11,13H,9H2,1-2H3,(H2,19,20). The summed E-state index contributed by atoms with van der Waals surface area (Å²) < 4.78 is 11.6. The largest absolute Gasteiger partial charge is 0.491 e. The van der Waals surface area contributed by atoms with E-state index in [4.69, 9.17) is 14.9 Å². The van der Waals surface area contributed by atoms with Crippen molar-refractivity contribution in [3.05, 3.63) is 59.6 Å². The van der Waals surface area contributed by atoms with Gasteiger partial charge >= 0.3 is 0 Å². The summed E-state index contributed by atoms with van der Waals surface area (Å²) in [5, 5.41) is 1.06. The van der Waals surface area contributed by atoms with E-state index in [0.29, 0.717) is 17.8 Å². The monoisotopic (exact) mass is 297 g/mol. The number of carbonyl (C=O) groups excluding carboxylic acids is 1. The molecule has 4 nitrogen and oxygen atoms in total. The zero-order valence-corrected chi connectivity index (χ0v) is 12.7. The molecule has 1 heterocycles. The second-order valence-electron chi connectivity index (χ2n) is 5.73. The molecule has 0 radical (unpaired) electrons. The molecule has 1 aromatic carbocycles. The molecule has 114 valence electrons. The lowest BCUT2D eigenvalue weighted by molar-refractivity contribution is -0.115. The van der Waals surface area contributed by atoms with Crippen LogP contribution < -0.4 is 5.73 Å². The molecule has 1 amide bonds. The third-order valence-corrected chi connectivity index (χ3v) is 3.67. The zero-order valence-electron chi connectivity index (χ0n) is 12.7. The van der Waals surface area contributed by atoms with Crippen LogP contribution in [-0.2, 0) is 9.53 Å². The summed E-state index contributed by atoms with van der Waals surface area (Å²) in [5.74, 6) is 0.949. The van der Waals surface area contributed by atoms with Gasteiger partial charge in [0.25, 0.3) is 0 Å². The fourth-order valence-electron chi connectivity index (χ4n) is 2.66. The molecule has 22 heavy (non-hydrogen) atoms. The Balaban J connectivity index is 1.91. The van der Waals surface area contributed by atoms with Crippen molar-refractivity contribution in [3.8, 4) is 0 Å². The average Bonchev–Trinajstić information content (AvgIpc) is 2.90. The van der Waals surface area contributed by atoms with Gasteiger partial charge in [-0.1, -0.05) is 24.3 Å². The summed E-state index contributed by atoms with van der Waals surface area (Å²) in [4.78, 5) is 11.7. The van der Waals surface area contributed by atoms with Crippen molar-refractivity contribution >= 4 is 16.9 Å². The molecule has 3 rings (SSSR count). The molecule has 0 bridgehead atoms. The van der Waals surface area contributed by atoms with Crippen molar-refractivity contribution in [2.24, 2.45) is 5.73 Å². The fraction of sp³-hybridized carbons (Fsp3) is 0.278. The Morgan fingerprint density at radius 1 is 1.36 bits per heavy atom. The summed E-state index contributed by atoms with van der Waals surface area (Å²) in [5.41, 5.74) is 6.87. The Kier molecular flexibility index (Phi) is 3.75. The molecule has 1 atom stereocenters. The Bertz CT molecular complexity index is 734. The van der Waals surface area contributed by atoms with Gasteiger partial charge in [0.1, 0.15) is 17.1 Å². The molecule has 1 unspecified atom stereocenters. The molecule has 0 fully saturated rings. The highest BCUT2D eigenvalue weighted by Gasteiger charge is 2.25. The summed E-state index contributed by atoms with van der Waals surface area (Å²) >= 11 is 0. The van der Waals surface area contributed by atoms with Crippen molar-refractivity contribution in [3.63, 3.8) is 0 Å². The van der Waals surface area contributed by atoms with Gasteiger partial charge in [-0.25, -0.2) is 0 Å². The first-order valence-electron chi connectivity index (χ1n) is 7.41. The lowest BCUT2D eigenvalue weighted by Crippen LogP contribution is -2.21. The van der Waals surface area contributed by atoms with Crippen LogP contribution in [0, 0.1) is 0 Å². The zero-order chi connectivity index (χ0) is 15.7. The minimum atomic E-state index is -0.443. The van der Waals surface area contributed by atoms with E-state index >= 15 is 0 Å². The van der Waals surface area contributed by atoms with E-state index in [0.717, 1.165) is 16.7 Å². The highest BCUT2D eigenvalue weighted by Crippen LogP contribution is 2.35. The number of fused-ring (bicyclic) bond motifs is 1. The van der Waals surface area contributed by atoms with Crippen LogP contribution in [0.3, 0.4) is 0 Å². The van der Waals surface area contributed by atoms with Crippen LogP contribution in [0.2, 0.25) is 0 Å². The van der Waals surface area contributed by atoms with Crippen molar-refractivity contribution in [2.45, 2.75) is 32.3 Å². The highest BCUT2D eigenvalue weighted by atomic mass is 16.5. The highest BCUT2D eigenvalue weighted by molar-refractivity contribution is 5.93. The summed E-state index contributed by atoms with van der Waals surface area (Å²) in [7, 11) is 0. The first-order valence-corrected chi connectivity index (χ1v) is 7.41. The van der Waals surface area contributed by atoms with Crippen LogP contribution in [0.25, 0.3) is 11.0 Å². The fourth-order valence-corrected chi connectivity index (χ4v) is 2.66. The molecule has 1 aliphatic carbocycles. The number of rotatable bonds is 4. The van der Waals surface area contributed by atoms with Gasteiger partial charge < -0.3 is 14.9 Å². The second kappa shape index (κ2) is 5.72. The number of carbonyl (C=O) groups is 1. The van der Waals surface area contributed by atoms with Gasteiger partial charge in [0.2, 0.25) is 5.91 Å². The molecule has 1 aromatic heterocycles. The SMILES string of the molecule is CC(C)OC1=C(C(N)=O)CC(c2cc3ccccc3o2)C=C1. The van der Waals surface area contributed by atoms with Crippen molar-refractivity contribution in [1.29, 1.82) is 0 Å². The number of hydrogen-bond acceptors (Lipinski definition) is 3. The van der Waals surface area contributed by atoms with Gasteiger partial charge in [-0.15, -0.1) is 0 Å². The van der Waals surface area contributed by atoms with Crippen LogP contribution in [-0.4, -0.2) is 12.0 Å². The average molecular weight is 297 g/mol. The second-order valence-corrected chi connectivity index (χ2v) is 5.73. The number of para-hydroxylation sites is 1. The first-order chi connectivity index (χ1) is 10.5. The number of furan rings is 1. The van der Waals surface area contributed by atoms with E-state index in [2.05, 4.69) is 0 Å². The van der Waals surface area contributed by atoms with Gasteiger partial charge in [-0.2, -0.15) is 0 Å². The Hall–Kier alpha value is -2.49. The van der Waals surface area contributed by atoms with Crippen LogP contribution >= 0.6 is 0 Å². The number of allylic oxidation sites excluding steroid dienone is 2. The summed E-state index contributed by atoms with van der Waals surface area (Å²) in [6.45, 7) is 3.84. The molecule has 0 saturated carbocycles. The van der Waals surface area contributed by atoms with Gasteiger partial charge in [0.05, 0.1) is 11.7 Å². The van der Waals surface area contributed by atoms with E-state index < -0.39 is 5.91 Å². The van der Waals surface area contributed by atoms with Gasteiger partial charge in [-0.05, 0) is 38.5 Å². The number of primary amides is 1. The molecule has 1 aliphatic rings. The number of nitrogens with two attached hydrogens (primary N) is 1. The van der Waals surface area contributed by atoms with Crippen LogP contribution in [0.15, 0.2) is 58.2 Å². The maximum Gasteiger partial charge on any atom is 0.248 e. The molecule has 4 heteroatoms. The Morgan fingerprint density at radius 3 is 2.82 bits per heavy atom. The van der Waals surface area contributed by atoms with E-state index in [1.54, 1.807) is 0 Å². The Labute approximate surface area is 129 Å². The van der Waals surface area contributed by atoms with Crippen molar-refractivity contribution in [2.75, 3.05) is 0 Å². The lowest BCUT2D eigenvalue weighted by Gasteiger charge is -2.21. The van der Waals surface area contributed by atoms with Crippen molar-refractivity contribution < 1.29 is 13.9 Å². The van der Waals surface area contributed by atoms with Crippen LogP contribution in [0.1, 0.15) is 31.9 Å². The molecular weight excluding hydrogens is 278 g/mol. The quantitative estimate of drug-likeness (QED) is 0.937. The van der Waals surface area contributed by atoms with Gasteiger partial charge in [0, 0.05) is 11.3 Å². The maximum atomic E-state index is 11.7. The first kappa shape index (κ1) is 14.4. The van der Waals surface area contributed by atoms with Gasteiger partial charge in [0.15, 0.2) is 0 Å². The molecule has 0 aliphatic heterocycles. The molecule has 2 aromatic rings. The van der Waals surface area contributed by atoms with Crippen molar-refractivity contribution in [1.82, 2.24) is 0 Å². The third-order valence-electron chi connectivity index (χ3n) is 3.67. The maximum absolute atomic E-state index is 11.7. The minimum absolute atomic E-state index is 0.00301. The van der Waals surface area contributed by atoms with E-state index in [1.165, 1.54) is 0 Å². The third kappa shape index (κ3) is 2.77. The number of ether oxygens (including phenoxy) is 1. The van der Waals surface area contributed by atoms with Crippen LogP contribution in [0.4, 0.5) is 0 Å². The number of benzene rings is 1. The predicted molar refractivity (Wildman–Crippen MR) is 85.2 cm³/mol. The van der Waals surface area contributed by atoms with E-state index in [-0.39, 0.29) is 12.0 Å². The number of amides is 1. The predicted octanol–water partition coefficient (Wildman–Crippen LogP) is 3.64. The molecule has 0 spiro atoms. The van der Waals surface area contributed by atoms with E-state index in [9.17, 15) is 4.79 Å². The molecule has 2 N–H and O–H groups in total. The lowest BCUT2D eigenvalue weighted by atomic mass is 9.90. The molecule has 0 saturated heterocycles.